The smallest absolute Gasteiger partial charge is 0.105 e. The van der Waals surface area contributed by atoms with Gasteiger partial charge in [0.2, 0.25) is 0 Å². The molecule has 0 aliphatic heterocycles. The van der Waals surface area contributed by atoms with Crippen molar-refractivity contribution in [3.63, 3.8) is 0 Å². The Balaban J connectivity index is 1.93. The van der Waals surface area contributed by atoms with E-state index in [1.54, 1.807) is 6.26 Å². The van der Waals surface area contributed by atoms with Crippen LogP contribution in [0.4, 0.5) is 0 Å². The van der Waals surface area contributed by atoms with E-state index in [4.69, 9.17) is 10.3 Å². The first-order chi connectivity index (χ1) is 8.33. The molecule has 0 spiro atoms. The molecule has 3 heteroatoms. The molecule has 17 heavy (non-hydrogen) atoms. The van der Waals surface area contributed by atoms with E-state index >= 15 is 0 Å². The van der Waals surface area contributed by atoms with Crippen molar-refractivity contribution >= 4 is 0 Å². The van der Waals surface area contributed by atoms with Gasteiger partial charge in [0, 0.05) is 12.5 Å². The van der Waals surface area contributed by atoms with Gasteiger partial charge >= 0.3 is 0 Å². The van der Waals surface area contributed by atoms with Gasteiger partial charge in [-0.25, -0.2) is 0 Å². The van der Waals surface area contributed by atoms with E-state index in [1.165, 1.54) is 32.1 Å². The molecular weight excluding hydrogens is 212 g/mol. The maximum atomic E-state index is 5.72. The molecule has 1 aliphatic rings. The quantitative estimate of drug-likeness (QED) is 0.610. The molecule has 1 aromatic heterocycles. The Morgan fingerprint density at radius 3 is 3.06 bits per heavy atom. The predicted octanol–water partition coefficient (Wildman–Crippen LogP) is 2.87. The van der Waals surface area contributed by atoms with E-state index in [2.05, 4.69) is 12.3 Å². The Morgan fingerprint density at radius 2 is 2.41 bits per heavy atom. The topological polar surface area (TPSA) is 51.2 Å². The molecule has 3 N–H and O–H groups in total. The second-order valence-electron chi connectivity index (χ2n) is 5.26. The van der Waals surface area contributed by atoms with Gasteiger partial charge < -0.3 is 4.42 Å². The average Bonchev–Trinajstić information content (AvgIpc) is 2.89. The van der Waals surface area contributed by atoms with Crippen molar-refractivity contribution in [3.8, 4) is 0 Å². The summed E-state index contributed by atoms with van der Waals surface area (Å²) in [6, 6.07) is 4.33. The van der Waals surface area contributed by atoms with E-state index < -0.39 is 0 Å². The van der Waals surface area contributed by atoms with Crippen LogP contribution in [0.1, 0.15) is 44.8 Å². The van der Waals surface area contributed by atoms with Crippen LogP contribution >= 0.6 is 0 Å². The Bertz CT molecular complexity index is 310. The van der Waals surface area contributed by atoms with E-state index in [1.807, 2.05) is 12.1 Å². The zero-order chi connectivity index (χ0) is 12.1. The lowest BCUT2D eigenvalue weighted by atomic mass is 9.76. The Hall–Kier alpha value is -0.800. The van der Waals surface area contributed by atoms with Crippen molar-refractivity contribution < 1.29 is 4.42 Å². The number of hydrogen-bond donors (Lipinski definition) is 2. The van der Waals surface area contributed by atoms with Crippen LogP contribution in [0.3, 0.4) is 0 Å². The molecule has 0 amide bonds. The third-order valence-electron chi connectivity index (χ3n) is 4.19. The largest absolute Gasteiger partial charge is 0.469 e. The van der Waals surface area contributed by atoms with Crippen LogP contribution in [-0.4, -0.2) is 6.04 Å². The molecule has 0 radical (unpaired) electrons. The first kappa shape index (κ1) is 12.7. The Morgan fingerprint density at radius 1 is 1.53 bits per heavy atom. The number of hydrogen-bond acceptors (Lipinski definition) is 3. The highest BCUT2D eigenvalue weighted by Gasteiger charge is 2.27. The average molecular weight is 236 g/mol. The van der Waals surface area contributed by atoms with Crippen molar-refractivity contribution in [2.75, 3.05) is 0 Å². The van der Waals surface area contributed by atoms with Crippen LogP contribution in [0.5, 0.6) is 0 Å². The summed E-state index contributed by atoms with van der Waals surface area (Å²) in [6.45, 7) is 2.30. The Labute approximate surface area is 104 Å². The zero-order valence-electron chi connectivity index (χ0n) is 10.7. The van der Waals surface area contributed by atoms with Crippen molar-refractivity contribution in [1.82, 2.24) is 5.43 Å². The van der Waals surface area contributed by atoms with Gasteiger partial charge in [-0.2, -0.15) is 0 Å². The van der Waals surface area contributed by atoms with Crippen LogP contribution in [-0.2, 0) is 6.42 Å². The van der Waals surface area contributed by atoms with E-state index in [-0.39, 0.29) is 0 Å². The summed E-state index contributed by atoms with van der Waals surface area (Å²) in [7, 11) is 0. The van der Waals surface area contributed by atoms with E-state index in [0.717, 1.165) is 18.1 Å². The van der Waals surface area contributed by atoms with Gasteiger partial charge in [-0.3, -0.25) is 11.3 Å². The number of furan rings is 1. The second kappa shape index (κ2) is 6.22. The molecule has 3 atom stereocenters. The van der Waals surface area contributed by atoms with Gasteiger partial charge in [-0.05, 0) is 36.8 Å². The highest BCUT2D eigenvalue weighted by molar-refractivity contribution is 5.01. The summed E-state index contributed by atoms with van der Waals surface area (Å²) in [5, 5.41) is 0. The lowest BCUT2D eigenvalue weighted by Crippen LogP contribution is -2.44. The van der Waals surface area contributed by atoms with E-state index in [0.29, 0.717) is 12.0 Å². The number of rotatable bonds is 5. The summed E-state index contributed by atoms with van der Waals surface area (Å²) in [4.78, 5) is 0. The lowest BCUT2D eigenvalue weighted by molar-refractivity contribution is 0.203. The molecule has 0 saturated heterocycles. The van der Waals surface area contributed by atoms with Crippen molar-refractivity contribution in [2.45, 2.75) is 51.5 Å². The van der Waals surface area contributed by atoms with Crippen LogP contribution in [0.25, 0.3) is 0 Å². The second-order valence-corrected chi connectivity index (χ2v) is 5.26. The molecule has 1 aliphatic carbocycles. The number of hydrazine groups is 1. The molecule has 3 unspecified atom stereocenters. The fourth-order valence-electron chi connectivity index (χ4n) is 3.08. The molecule has 1 heterocycles. The maximum Gasteiger partial charge on any atom is 0.105 e. The first-order valence-corrected chi connectivity index (χ1v) is 6.82. The highest BCUT2D eigenvalue weighted by atomic mass is 16.3. The normalized spacial score (nSPS) is 26.9. The molecule has 3 nitrogen and oxygen atoms in total. The van der Waals surface area contributed by atoms with Crippen LogP contribution in [0, 0.1) is 11.8 Å². The minimum Gasteiger partial charge on any atom is -0.469 e. The van der Waals surface area contributed by atoms with Gasteiger partial charge in [0.25, 0.3) is 0 Å². The fourth-order valence-corrected chi connectivity index (χ4v) is 3.08. The van der Waals surface area contributed by atoms with Crippen molar-refractivity contribution in [2.24, 2.45) is 17.7 Å². The molecule has 96 valence electrons. The molecule has 1 fully saturated rings. The minimum atomic E-state index is 0.357. The first-order valence-electron chi connectivity index (χ1n) is 6.82. The number of nitrogens with one attached hydrogen (secondary N) is 1. The molecule has 1 aromatic rings. The standard InChI is InChI=1S/C14H24N2O/c1-2-11-5-3-6-12(9-11)14(16-15)10-13-7-4-8-17-13/h4,7-8,11-12,14,16H,2-3,5-6,9-10,15H2,1H3. The minimum absolute atomic E-state index is 0.357. The third kappa shape index (κ3) is 3.33. The van der Waals surface area contributed by atoms with Gasteiger partial charge in [-0.1, -0.05) is 26.2 Å². The van der Waals surface area contributed by atoms with Crippen molar-refractivity contribution in [1.29, 1.82) is 0 Å². The van der Waals surface area contributed by atoms with Crippen LogP contribution < -0.4 is 11.3 Å². The molecule has 0 bridgehead atoms. The molecule has 2 rings (SSSR count). The molecule has 0 aromatic carbocycles. The predicted molar refractivity (Wildman–Crippen MR) is 69.3 cm³/mol. The van der Waals surface area contributed by atoms with Crippen molar-refractivity contribution in [3.05, 3.63) is 24.2 Å². The SMILES string of the molecule is CCC1CCCC(C(Cc2ccco2)NN)C1. The monoisotopic (exact) mass is 236 g/mol. The summed E-state index contributed by atoms with van der Waals surface area (Å²) in [5.41, 5.74) is 2.99. The van der Waals surface area contributed by atoms with Gasteiger partial charge in [0.15, 0.2) is 0 Å². The molecule has 1 saturated carbocycles. The number of nitrogens with two attached hydrogens (primary N) is 1. The Kier molecular flexibility index (Phi) is 4.63. The summed E-state index contributed by atoms with van der Waals surface area (Å²) < 4.78 is 5.41. The summed E-state index contributed by atoms with van der Waals surface area (Å²) in [6.07, 6.45) is 9.29. The third-order valence-corrected chi connectivity index (χ3v) is 4.19. The van der Waals surface area contributed by atoms with E-state index in [9.17, 15) is 0 Å². The van der Waals surface area contributed by atoms with Gasteiger partial charge in [0.05, 0.1) is 6.26 Å². The lowest BCUT2D eigenvalue weighted by Gasteiger charge is -2.33. The molecular formula is C14H24N2O. The van der Waals surface area contributed by atoms with Crippen LogP contribution in [0.2, 0.25) is 0 Å². The van der Waals surface area contributed by atoms with Gasteiger partial charge in [-0.15, -0.1) is 0 Å². The fraction of sp³-hybridized carbons (Fsp3) is 0.714. The summed E-state index contributed by atoms with van der Waals surface area (Å²) in [5.74, 6) is 8.34. The maximum absolute atomic E-state index is 5.72. The van der Waals surface area contributed by atoms with Gasteiger partial charge in [0.1, 0.15) is 5.76 Å². The zero-order valence-corrected chi connectivity index (χ0v) is 10.7. The van der Waals surface area contributed by atoms with Crippen LogP contribution in [0.15, 0.2) is 22.8 Å². The highest BCUT2D eigenvalue weighted by Crippen LogP contribution is 2.33. The summed E-state index contributed by atoms with van der Waals surface area (Å²) >= 11 is 0.